The van der Waals surface area contributed by atoms with Crippen molar-refractivity contribution >= 4 is 30.8 Å². The number of carbonyl (C=O) groups excluding carboxylic acids is 1. The Labute approximate surface area is 156 Å². The Kier molecular flexibility index (Phi) is 13.0. The number of rotatable bonds is 8. The molecule has 1 aromatic rings. The topological polar surface area (TPSA) is 59.6 Å². The van der Waals surface area contributed by atoms with Crippen molar-refractivity contribution in [2.24, 2.45) is 0 Å². The average Bonchev–Trinajstić information content (AvgIpc) is 2.56. The molecule has 0 bridgehead atoms. The molecule has 1 aromatic carbocycles. The number of piperidine rings is 1. The molecule has 1 fully saturated rings. The first kappa shape index (κ1) is 23.1. The largest absolute Gasteiger partial charge is 0.465 e. The van der Waals surface area contributed by atoms with Crippen LogP contribution in [0.4, 0.5) is 0 Å². The highest BCUT2D eigenvalue weighted by molar-refractivity contribution is 5.85. The maximum Gasteiger partial charge on any atom is 0.323 e. The van der Waals surface area contributed by atoms with E-state index in [9.17, 15) is 4.79 Å². The van der Waals surface area contributed by atoms with E-state index in [-0.39, 0.29) is 42.9 Å². The molecule has 7 heteroatoms. The molecule has 1 heterocycles. The zero-order valence-electron chi connectivity index (χ0n) is 14.0. The Morgan fingerprint density at radius 3 is 2.62 bits per heavy atom. The summed E-state index contributed by atoms with van der Waals surface area (Å²) in [7, 11) is 0. The van der Waals surface area contributed by atoms with E-state index >= 15 is 0 Å². The summed E-state index contributed by atoms with van der Waals surface area (Å²) in [4.78, 5) is 17.4. The van der Waals surface area contributed by atoms with Crippen LogP contribution >= 0.6 is 24.8 Å². The molecule has 1 saturated heterocycles. The van der Waals surface area contributed by atoms with Gasteiger partial charge in [0.05, 0.1) is 13.2 Å². The van der Waals surface area contributed by atoms with Crippen molar-refractivity contribution in [2.45, 2.75) is 51.3 Å². The number of hydrogen-bond acceptors (Lipinski definition) is 5. The lowest BCUT2D eigenvalue weighted by molar-refractivity contribution is -0.147. The van der Waals surface area contributed by atoms with Crippen molar-refractivity contribution in [3.05, 3.63) is 35.9 Å². The standard InChI is InChI=1S/C17H26N2O3.2ClH/c1-2-3-11-21-17(20)16-10-9-15(12-18-16)19-22-13-14-7-5-4-6-8-14;;/h4-8,15-16,18-19H,2-3,9-13H2,1H3;2*1H/t15-,16+;;/m1../s1. The number of carbonyl (C=O) groups is 1. The van der Waals surface area contributed by atoms with E-state index in [1.807, 2.05) is 30.3 Å². The minimum Gasteiger partial charge on any atom is -0.465 e. The fraction of sp³-hybridized carbons (Fsp3) is 0.588. The fourth-order valence-corrected chi connectivity index (χ4v) is 2.39. The van der Waals surface area contributed by atoms with Crippen molar-refractivity contribution in [3.8, 4) is 0 Å². The zero-order valence-corrected chi connectivity index (χ0v) is 15.7. The van der Waals surface area contributed by atoms with Gasteiger partial charge < -0.3 is 10.1 Å². The van der Waals surface area contributed by atoms with Gasteiger partial charge in [0.1, 0.15) is 6.04 Å². The van der Waals surface area contributed by atoms with Gasteiger partial charge in [0.15, 0.2) is 0 Å². The molecular formula is C17H28Cl2N2O3. The number of esters is 1. The van der Waals surface area contributed by atoms with E-state index in [2.05, 4.69) is 17.7 Å². The van der Waals surface area contributed by atoms with Crippen LogP contribution in [0.15, 0.2) is 30.3 Å². The van der Waals surface area contributed by atoms with Crippen LogP contribution in [0.2, 0.25) is 0 Å². The van der Waals surface area contributed by atoms with E-state index in [1.54, 1.807) is 0 Å². The Balaban J connectivity index is 0.00000264. The van der Waals surface area contributed by atoms with Crippen molar-refractivity contribution in [3.63, 3.8) is 0 Å². The van der Waals surface area contributed by atoms with Gasteiger partial charge in [0, 0.05) is 12.6 Å². The lowest BCUT2D eigenvalue weighted by Crippen LogP contribution is -2.51. The number of halogens is 2. The molecule has 0 aromatic heterocycles. The molecule has 2 rings (SSSR count). The Hall–Kier alpha value is -0.850. The Morgan fingerprint density at radius 2 is 2.00 bits per heavy atom. The van der Waals surface area contributed by atoms with Gasteiger partial charge in [-0.05, 0) is 24.8 Å². The van der Waals surface area contributed by atoms with Gasteiger partial charge >= 0.3 is 5.97 Å². The molecule has 0 radical (unpaired) electrons. The van der Waals surface area contributed by atoms with Gasteiger partial charge in [-0.2, -0.15) is 5.48 Å². The highest BCUT2D eigenvalue weighted by Gasteiger charge is 2.26. The van der Waals surface area contributed by atoms with Gasteiger partial charge in [0.2, 0.25) is 0 Å². The Bertz CT molecular complexity index is 441. The molecule has 1 aliphatic rings. The van der Waals surface area contributed by atoms with Crippen LogP contribution in [0.1, 0.15) is 38.2 Å². The van der Waals surface area contributed by atoms with Gasteiger partial charge in [-0.15, -0.1) is 24.8 Å². The molecule has 24 heavy (non-hydrogen) atoms. The molecule has 0 saturated carbocycles. The molecule has 0 aliphatic carbocycles. The number of nitrogens with one attached hydrogen (secondary N) is 2. The summed E-state index contributed by atoms with van der Waals surface area (Å²) in [6, 6.07) is 10.1. The van der Waals surface area contributed by atoms with E-state index in [4.69, 9.17) is 9.57 Å². The molecule has 0 unspecified atom stereocenters. The van der Waals surface area contributed by atoms with Crippen LogP contribution < -0.4 is 10.8 Å². The van der Waals surface area contributed by atoms with Crippen molar-refractivity contribution in [1.82, 2.24) is 10.8 Å². The van der Waals surface area contributed by atoms with E-state index in [1.165, 1.54) is 0 Å². The fourth-order valence-electron chi connectivity index (χ4n) is 2.39. The monoisotopic (exact) mass is 378 g/mol. The first-order valence-corrected chi connectivity index (χ1v) is 8.11. The van der Waals surface area contributed by atoms with E-state index < -0.39 is 0 Å². The second-order valence-electron chi connectivity index (χ2n) is 5.65. The maximum absolute atomic E-state index is 11.8. The number of unbranched alkanes of at least 4 members (excludes halogenated alkanes) is 1. The first-order valence-electron chi connectivity index (χ1n) is 8.11. The van der Waals surface area contributed by atoms with E-state index in [0.29, 0.717) is 19.8 Å². The lowest BCUT2D eigenvalue weighted by atomic mass is 10.0. The SMILES string of the molecule is CCCCOC(=O)[C@@H]1CC[C@@H](NOCc2ccccc2)CN1.Cl.Cl. The molecule has 138 valence electrons. The summed E-state index contributed by atoms with van der Waals surface area (Å²) in [5, 5.41) is 3.23. The van der Waals surface area contributed by atoms with Crippen LogP contribution in [0.5, 0.6) is 0 Å². The first-order chi connectivity index (χ1) is 10.8. The Morgan fingerprint density at radius 1 is 1.25 bits per heavy atom. The van der Waals surface area contributed by atoms with Crippen LogP contribution in [-0.4, -0.2) is 31.2 Å². The molecule has 1 aliphatic heterocycles. The summed E-state index contributed by atoms with van der Waals surface area (Å²) in [6.45, 7) is 3.86. The van der Waals surface area contributed by atoms with E-state index in [0.717, 1.165) is 31.2 Å². The third-order valence-corrected chi connectivity index (χ3v) is 3.77. The second kappa shape index (κ2) is 13.4. The smallest absolute Gasteiger partial charge is 0.323 e. The molecule has 5 nitrogen and oxygen atoms in total. The van der Waals surface area contributed by atoms with Gasteiger partial charge in [0.25, 0.3) is 0 Å². The maximum atomic E-state index is 11.8. The summed E-state index contributed by atoms with van der Waals surface area (Å²) < 4.78 is 5.24. The number of ether oxygens (including phenoxy) is 1. The van der Waals surface area contributed by atoms with Crippen LogP contribution in [-0.2, 0) is 21.0 Å². The average molecular weight is 379 g/mol. The second-order valence-corrected chi connectivity index (χ2v) is 5.65. The zero-order chi connectivity index (χ0) is 15.6. The van der Waals surface area contributed by atoms with Crippen LogP contribution in [0.3, 0.4) is 0 Å². The van der Waals surface area contributed by atoms with Gasteiger partial charge in [-0.1, -0.05) is 43.7 Å². The van der Waals surface area contributed by atoms with Crippen LogP contribution in [0.25, 0.3) is 0 Å². The highest BCUT2D eigenvalue weighted by Crippen LogP contribution is 2.10. The van der Waals surface area contributed by atoms with Gasteiger partial charge in [-0.25, -0.2) is 0 Å². The van der Waals surface area contributed by atoms with Crippen molar-refractivity contribution in [2.75, 3.05) is 13.2 Å². The van der Waals surface area contributed by atoms with Crippen molar-refractivity contribution < 1.29 is 14.4 Å². The quantitative estimate of drug-likeness (QED) is 0.413. The predicted octanol–water partition coefficient (Wildman–Crippen LogP) is 3.02. The summed E-state index contributed by atoms with van der Waals surface area (Å²) in [5.74, 6) is -0.128. The third-order valence-electron chi connectivity index (χ3n) is 3.77. The normalized spacial score (nSPS) is 19.7. The summed E-state index contributed by atoms with van der Waals surface area (Å²) >= 11 is 0. The minimum atomic E-state index is -0.177. The summed E-state index contributed by atoms with van der Waals surface area (Å²) in [5.41, 5.74) is 4.20. The highest BCUT2D eigenvalue weighted by atomic mass is 35.5. The predicted molar refractivity (Wildman–Crippen MR) is 99.5 cm³/mol. The minimum absolute atomic E-state index is 0. The molecule has 0 amide bonds. The van der Waals surface area contributed by atoms with Crippen molar-refractivity contribution in [1.29, 1.82) is 0 Å². The molecule has 2 atom stereocenters. The summed E-state index contributed by atoms with van der Waals surface area (Å²) in [6.07, 6.45) is 3.64. The molecular weight excluding hydrogens is 351 g/mol. The molecule has 0 spiro atoms. The van der Waals surface area contributed by atoms with Crippen LogP contribution in [0, 0.1) is 0 Å². The third kappa shape index (κ3) is 8.31. The number of benzene rings is 1. The lowest BCUT2D eigenvalue weighted by Gasteiger charge is -2.28. The number of hydroxylamine groups is 1. The van der Waals surface area contributed by atoms with Gasteiger partial charge in [-0.3, -0.25) is 9.63 Å². The number of hydrogen-bond donors (Lipinski definition) is 2. The molecule has 2 N–H and O–H groups in total.